The number of methoxy groups -OCH3 is 1. The third-order valence-corrected chi connectivity index (χ3v) is 1.37. The highest BCUT2D eigenvalue weighted by atomic mass is 16.5. The van der Waals surface area contributed by atoms with E-state index in [1.54, 1.807) is 0 Å². The second kappa shape index (κ2) is 5.70. The number of nitrogens with two attached hydrogens (primary N) is 1. The number of esters is 1. The number of hydrazone groups is 1. The van der Waals surface area contributed by atoms with Crippen molar-refractivity contribution >= 4 is 12.2 Å². The van der Waals surface area contributed by atoms with Crippen molar-refractivity contribution in [3.8, 4) is 0 Å². The number of carbonyl (C=O) groups excluding carboxylic acids is 1. The zero-order chi connectivity index (χ0) is 8.69. The third-order valence-electron chi connectivity index (χ3n) is 1.37. The van der Waals surface area contributed by atoms with Crippen LogP contribution in [-0.2, 0) is 9.53 Å². The van der Waals surface area contributed by atoms with Crippen molar-refractivity contribution < 1.29 is 9.53 Å². The van der Waals surface area contributed by atoms with E-state index in [0.29, 0.717) is 0 Å². The molecule has 0 aliphatic carbocycles. The molecule has 0 radical (unpaired) electrons. The van der Waals surface area contributed by atoms with Gasteiger partial charge in [0.15, 0.2) is 0 Å². The Kier molecular flexibility index (Phi) is 5.15. The van der Waals surface area contributed by atoms with Gasteiger partial charge in [0.25, 0.3) is 0 Å². The molecule has 0 saturated heterocycles. The van der Waals surface area contributed by atoms with Gasteiger partial charge in [-0.2, -0.15) is 5.10 Å². The van der Waals surface area contributed by atoms with Crippen LogP contribution in [0.25, 0.3) is 0 Å². The molecule has 64 valence electrons. The molecule has 0 rings (SSSR count). The Labute approximate surface area is 66.4 Å². The Morgan fingerprint density at radius 1 is 1.82 bits per heavy atom. The summed E-state index contributed by atoms with van der Waals surface area (Å²) in [4.78, 5) is 10.9. The van der Waals surface area contributed by atoms with Crippen molar-refractivity contribution in [2.75, 3.05) is 7.11 Å². The van der Waals surface area contributed by atoms with Crippen LogP contribution in [0.1, 0.15) is 19.8 Å². The molecule has 1 unspecified atom stereocenters. The SMILES string of the molecule is CCCC(/C=N/N)C(=O)OC. The molecule has 0 saturated carbocycles. The Bertz CT molecular complexity index is 145. The fraction of sp³-hybridized carbons (Fsp3) is 0.714. The van der Waals surface area contributed by atoms with E-state index in [1.165, 1.54) is 13.3 Å². The Morgan fingerprint density at radius 3 is 2.82 bits per heavy atom. The summed E-state index contributed by atoms with van der Waals surface area (Å²) in [6, 6.07) is 0. The molecule has 0 amide bonds. The summed E-state index contributed by atoms with van der Waals surface area (Å²) in [7, 11) is 1.36. The van der Waals surface area contributed by atoms with Crippen molar-refractivity contribution in [3.05, 3.63) is 0 Å². The van der Waals surface area contributed by atoms with Gasteiger partial charge in [0.05, 0.1) is 13.0 Å². The topological polar surface area (TPSA) is 64.7 Å². The van der Waals surface area contributed by atoms with Gasteiger partial charge in [-0.1, -0.05) is 13.3 Å². The minimum absolute atomic E-state index is 0.277. The molecule has 4 heteroatoms. The summed E-state index contributed by atoms with van der Waals surface area (Å²) >= 11 is 0. The molecule has 11 heavy (non-hydrogen) atoms. The lowest BCUT2D eigenvalue weighted by atomic mass is 10.1. The van der Waals surface area contributed by atoms with Crippen molar-refractivity contribution in [1.82, 2.24) is 0 Å². The van der Waals surface area contributed by atoms with E-state index in [4.69, 9.17) is 5.84 Å². The zero-order valence-corrected chi connectivity index (χ0v) is 6.91. The van der Waals surface area contributed by atoms with Gasteiger partial charge in [0.2, 0.25) is 0 Å². The summed E-state index contributed by atoms with van der Waals surface area (Å²) in [5.41, 5.74) is 0. The first kappa shape index (κ1) is 9.94. The van der Waals surface area contributed by atoms with E-state index in [2.05, 4.69) is 9.84 Å². The monoisotopic (exact) mass is 158 g/mol. The van der Waals surface area contributed by atoms with Gasteiger partial charge < -0.3 is 10.6 Å². The first-order valence-electron chi connectivity index (χ1n) is 3.57. The molecule has 0 aromatic rings. The molecule has 0 aromatic carbocycles. The molecular weight excluding hydrogens is 144 g/mol. The predicted octanol–water partition coefficient (Wildman–Crippen LogP) is 0.520. The molecule has 0 bridgehead atoms. The van der Waals surface area contributed by atoms with Gasteiger partial charge in [0.1, 0.15) is 0 Å². The van der Waals surface area contributed by atoms with Gasteiger partial charge in [-0.25, -0.2) is 0 Å². The standard InChI is InChI=1S/C7H14N2O2/c1-3-4-6(5-9-8)7(10)11-2/h5-6H,3-4,8H2,1-2H3/b9-5+. The van der Waals surface area contributed by atoms with Crippen molar-refractivity contribution in [1.29, 1.82) is 0 Å². The van der Waals surface area contributed by atoms with Gasteiger partial charge >= 0.3 is 5.97 Å². The second-order valence-electron chi connectivity index (χ2n) is 2.22. The van der Waals surface area contributed by atoms with Gasteiger partial charge in [-0.15, -0.1) is 0 Å². The Morgan fingerprint density at radius 2 is 2.45 bits per heavy atom. The lowest BCUT2D eigenvalue weighted by Gasteiger charge is -2.06. The summed E-state index contributed by atoms with van der Waals surface area (Å²) in [6.45, 7) is 1.99. The van der Waals surface area contributed by atoms with Crippen LogP contribution in [0.3, 0.4) is 0 Å². The second-order valence-corrected chi connectivity index (χ2v) is 2.22. The quantitative estimate of drug-likeness (QED) is 0.281. The molecule has 0 heterocycles. The van der Waals surface area contributed by atoms with E-state index in [1.807, 2.05) is 6.92 Å². The molecule has 0 fully saturated rings. The fourth-order valence-corrected chi connectivity index (χ4v) is 0.820. The maximum absolute atomic E-state index is 10.9. The molecule has 0 aromatic heterocycles. The number of rotatable bonds is 4. The lowest BCUT2D eigenvalue weighted by Crippen LogP contribution is -2.17. The van der Waals surface area contributed by atoms with Crippen molar-refractivity contribution in [2.45, 2.75) is 19.8 Å². The van der Waals surface area contributed by atoms with Gasteiger partial charge in [-0.3, -0.25) is 4.79 Å². The van der Waals surface area contributed by atoms with Crippen LogP contribution >= 0.6 is 0 Å². The van der Waals surface area contributed by atoms with E-state index >= 15 is 0 Å². The fourth-order valence-electron chi connectivity index (χ4n) is 0.820. The summed E-state index contributed by atoms with van der Waals surface area (Å²) < 4.78 is 4.53. The highest BCUT2D eigenvalue weighted by Gasteiger charge is 2.14. The number of hydrogen-bond donors (Lipinski definition) is 1. The van der Waals surface area contributed by atoms with Gasteiger partial charge in [0, 0.05) is 6.21 Å². The van der Waals surface area contributed by atoms with Crippen LogP contribution in [0.15, 0.2) is 5.10 Å². The van der Waals surface area contributed by atoms with E-state index in [9.17, 15) is 4.79 Å². The largest absolute Gasteiger partial charge is 0.469 e. The molecule has 1 atom stereocenters. The smallest absolute Gasteiger partial charge is 0.314 e. The minimum atomic E-state index is -0.282. The number of hydrogen-bond acceptors (Lipinski definition) is 4. The van der Waals surface area contributed by atoms with Crippen molar-refractivity contribution in [2.24, 2.45) is 16.9 Å². The Hall–Kier alpha value is -1.06. The maximum atomic E-state index is 10.9. The number of ether oxygens (including phenoxy) is 1. The Balaban J connectivity index is 3.97. The third kappa shape index (κ3) is 3.60. The van der Waals surface area contributed by atoms with Crippen LogP contribution in [-0.4, -0.2) is 19.3 Å². The molecule has 2 N–H and O–H groups in total. The first-order valence-corrected chi connectivity index (χ1v) is 3.57. The highest BCUT2D eigenvalue weighted by Crippen LogP contribution is 2.04. The molecule has 0 aliphatic heterocycles. The highest BCUT2D eigenvalue weighted by molar-refractivity contribution is 5.89. The number of nitrogens with zero attached hydrogens (tertiary/aromatic N) is 1. The summed E-state index contributed by atoms with van der Waals surface area (Å²) in [5.74, 6) is 4.35. The molecular formula is C7H14N2O2. The van der Waals surface area contributed by atoms with Crippen LogP contribution in [0, 0.1) is 5.92 Å². The predicted molar refractivity (Wildman–Crippen MR) is 43.1 cm³/mol. The van der Waals surface area contributed by atoms with E-state index < -0.39 is 0 Å². The van der Waals surface area contributed by atoms with Crippen LogP contribution in [0.5, 0.6) is 0 Å². The average Bonchev–Trinajstić information content (AvgIpc) is 2.03. The first-order chi connectivity index (χ1) is 5.26. The number of carbonyl (C=O) groups is 1. The molecule has 0 spiro atoms. The van der Waals surface area contributed by atoms with Crippen LogP contribution in [0.2, 0.25) is 0 Å². The minimum Gasteiger partial charge on any atom is -0.469 e. The van der Waals surface area contributed by atoms with E-state index in [0.717, 1.165) is 12.8 Å². The van der Waals surface area contributed by atoms with E-state index in [-0.39, 0.29) is 11.9 Å². The molecule has 4 nitrogen and oxygen atoms in total. The normalized spacial score (nSPS) is 13.3. The average molecular weight is 158 g/mol. The lowest BCUT2D eigenvalue weighted by molar-refractivity contribution is -0.143. The van der Waals surface area contributed by atoms with Crippen LogP contribution < -0.4 is 5.84 Å². The van der Waals surface area contributed by atoms with Crippen molar-refractivity contribution in [3.63, 3.8) is 0 Å². The summed E-state index contributed by atoms with van der Waals surface area (Å²) in [6.07, 6.45) is 3.05. The zero-order valence-electron chi connectivity index (χ0n) is 6.91. The van der Waals surface area contributed by atoms with Crippen LogP contribution in [0.4, 0.5) is 0 Å². The van der Waals surface area contributed by atoms with Gasteiger partial charge in [-0.05, 0) is 6.42 Å². The molecule has 0 aliphatic rings. The maximum Gasteiger partial charge on any atom is 0.314 e. The summed E-state index contributed by atoms with van der Waals surface area (Å²) in [5, 5.41) is 3.30.